The number of methoxy groups -OCH3 is 1. The molecule has 2 heterocycles. The van der Waals surface area contributed by atoms with Crippen molar-refractivity contribution in [2.24, 2.45) is 5.73 Å². The summed E-state index contributed by atoms with van der Waals surface area (Å²) in [7, 11) is 1.39. The number of carbonyl (C=O) groups excluding carboxylic acids is 1. The van der Waals surface area contributed by atoms with Gasteiger partial charge in [-0.05, 0) is 40.9 Å². The Morgan fingerprint density at radius 2 is 2.09 bits per heavy atom. The monoisotopic (exact) mass is 363 g/mol. The van der Waals surface area contributed by atoms with Crippen molar-refractivity contribution in [2.75, 3.05) is 25.1 Å². The molecular weight excluding hydrogens is 346 g/mol. The summed E-state index contributed by atoms with van der Waals surface area (Å²) in [6.45, 7) is 1.76. The Balaban J connectivity index is 2.09. The minimum absolute atomic E-state index is 0.267. The highest BCUT2D eigenvalue weighted by Gasteiger charge is 2.20. The van der Waals surface area contributed by atoms with Crippen molar-refractivity contribution in [3.63, 3.8) is 0 Å². The summed E-state index contributed by atoms with van der Waals surface area (Å²) in [6.07, 6.45) is 3.72. The van der Waals surface area contributed by atoms with Crippen LogP contribution in [0, 0.1) is 0 Å². The van der Waals surface area contributed by atoms with E-state index in [4.69, 9.17) is 10.5 Å². The average Bonchev–Trinajstić information content (AvgIpc) is 2.55. The van der Waals surface area contributed by atoms with Crippen LogP contribution >= 0.6 is 15.9 Å². The molecule has 1 aliphatic rings. The van der Waals surface area contributed by atoms with Crippen LogP contribution in [0.25, 0.3) is 10.8 Å². The number of halogens is 1. The fourth-order valence-corrected chi connectivity index (χ4v) is 3.25. The average molecular weight is 364 g/mol. The van der Waals surface area contributed by atoms with Crippen molar-refractivity contribution in [3.8, 4) is 0 Å². The Hall–Kier alpha value is -1.66. The molecular formula is C16H18BrN3O2. The van der Waals surface area contributed by atoms with Gasteiger partial charge >= 0.3 is 5.97 Å². The molecule has 0 bridgehead atoms. The van der Waals surface area contributed by atoms with Gasteiger partial charge < -0.3 is 15.4 Å². The quantitative estimate of drug-likeness (QED) is 0.830. The maximum atomic E-state index is 11.8. The molecule has 0 saturated carbocycles. The molecule has 1 aromatic carbocycles. The Morgan fingerprint density at radius 1 is 1.36 bits per heavy atom. The minimum Gasteiger partial charge on any atom is -0.465 e. The minimum atomic E-state index is -0.339. The molecule has 116 valence electrons. The highest BCUT2D eigenvalue weighted by Crippen LogP contribution is 2.32. The molecule has 2 aromatic rings. The van der Waals surface area contributed by atoms with Crippen LogP contribution in [0.15, 0.2) is 28.9 Å². The molecule has 1 saturated heterocycles. The van der Waals surface area contributed by atoms with E-state index in [2.05, 4.69) is 25.8 Å². The molecule has 2 N–H and O–H groups in total. The number of ether oxygens (including phenoxy) is 1. The number of rotatable bonds is 2. The summed E-state index contributed by atoms with van der Waals surface area (Å²) in [4.78, 5) is 18.6. The van der Waals surface area contributed by atoms with E-state index in [-0.39, 0.29) is 12.0 Å². The Morgan fingerprint density at radius 3 is 2.77 bits per heavy atom. The predicted molar refractivity (Wildman–Crippen MR) is 90.2 cm³/mol. The molecule has 1 aromatic heterocycles. The molecule has 0 spiro atoms. The second-order valence-electron chi connectivity index (χ2n) is 5.51. The topological polar surface area (TPSA) is 68.5 Å². The Labute approximate surface area is 137 Å². The maximum Gasteiger partial charge on any atom is 0.337 e. The normalized spacial score (nSPS) is 16.0. The highest BCUT2D eigenvalue weighted by molar-refractivity contribution is 9.10. The number of aromatic nitrogens is 1. The van der Waals surface area contributed by atoms with Crippen LogP contribution in [0.5, 0.6) is 0 Å². The zero-order valence-electron chi connectivity index (χ0n) is 12.4. The molecule has 5 nitrogen and oxygen atoms in total. The first-order valence-corrected chi connectivity index (χ1v) is 8.06. The van der Waals surface area contributed by atoms with E-state index in [0.29, 0.717) is 5.56 Å². The number of hydrogen-bond acceptors (Lipinski definition) is 5. The van der Waals surface area contributed by atoms with Gasteiger partial charge in [0.2, 0.25) is 0 Å². The maximum absolute atomic E-state index is 11.8. The number of piperidine rings is 1. The zero-order chi connectivity index (χ0) is 15.7. The van der Waals surface area contributed by atoms with Gasteiger partial charge in [0.1, 0.15) is 5.82 Å². The Bertz CT molecular complexity index is 712. The third-order valence-electron chi connectivity index (χ3n) is 4.08. The first-order valence-electron chi connectivity index (χ1n) is 7.27. The van der Waals surface area contributed by atoms with E-state index in [1.807, 2.05) is 18.3 Å². The fourth-order valence-electron chi connectivity index (χ4n) is 2.80. The molecule has 1 aliphatic heterocycles. The van der Waals surface area contributed by atoms with Gasteiger partial charge in [0, 0.05) is 40.6 Å². The molecule has 0 radical (unpaired) electrons. The number of esters is 1. The number of benzene rings is 1. The van der Waals surface area contributed by atoms with E-state index in [1.165, 1.54) is 7.11 Å². The van der Waals surface area contributed by atoms with Crippen LogP contribution in [0.4, 0.5) is 5.82 Å². The summed E-state index contributed by atoms with van der Waals surface area (Å²) in [5.41, 5.74) is 6.51. The van der Waals surface area contributed by atoms with Crippen molar-refractivity contribution in [2.45, 2.75) is 18.9 Å². The SMILES string of the molecule is COC(=O)c1ccc2c(Br)cnc(N3CCC(N)CC3)c2c1. The van der Waals surface area contributed by atoms with Gasteiger partial charge in [-0.1, -0.05) is 6.07 Å². The molecule has 22 heavy (non-hydrogen) atoms. The van der Waals surface area contributed by atoms with E-state index in [0.717, 1.165) is 47.0 Å². The van der Waals surface area contributed by atoms with Crippen LogP contribution in [0.2, 0.25) is 0 Å². The lowest BCUT2D eigenvalue weighted by molar-refractivity contribution is 0.0601. The summed E-state index contributed by atoms with van der Waals surface area (Å²) in [5.74, 6) is 0.560. The van der Waals surface area contributed by atoms with E-state index < -0.39 is 0 Å². The number of pyridine rings is 1. The summed E-state index contributed by atoms with van der Waals surface area (Å²) < 4.78 is 5.73. The standard InChI is InChI=1S/C16H18BrN3O2/c1-22-16(21)10-2-3-12-13(8-10)15(19-9-14(12)17)20-6-4-11(18)5-7-20/h2-3,8-9,11H,4-7,18H2,1H3. The number of hydrogen-bond donors (Lipinski definition) is 1. The third kappa shape index (κ3) is 2.80. The predicted octanol–water partition coefficient (Wildman–Crippen LogP) is 2.71. The first-order chi connectivity index (χ1) is 10.6. The van der Waals surface area contributed by atoms with E-state index in [9.17, 15) is 4.79 Å². The number of carbonyl (C=O) groups is 1. The van der Waals surface area contributed by atoms with Crippen LogP contribution in [-0.2, 0) is 4.74 Å². The molecule has 0 unspecified atom stereocenters. The van der Waals surface area contributed by atoms with Crippen molar-refractivity contribution in [3.05, 3.63) is 34.4 Å². The third-order valence-corrected chi connectivity index (χ3v) is 4.71. The van der Waals surface area contributed by atoms with Gasteiger partial charge in [-0.2, -0.15) is 0 Å². The van der Waals surface area contributed by atoms with Crippen molar-refractivity contribution < 1.29 is 9.53 Å². The second kappa shape index (κ2) is 6.22. The number of fused-ring (bicyclic) bond motifs is 1. The summed E-state index contributed by atoms with van der Waals surface area (Å²) >= 11 is 3.53. The van der Waals surface area contributed by atoms with Gasteiger partial charge in [0.25, 0.3) is 0 Å². The molecule has 1 fully saturated rings. The van der Waals surface area contributed by atoms with Gasteiger partial charge in [0.15, 0.2) is 0 Å². The van der Waals surface area contributed by atoms with E-state index >= 15 is 0 Å². The van der Waals surface area contributed by atoms with Crippen molar-refractivity contribution in [1.82, 2.24) is 4.98 Å². The number of nitrogens with two attached hydrogens (primary N) is 1. The van der Waals surface area contributed by atoms with Gasteiger partial charge in [-0.25, -0.2) is 9.78 Å². The molecule has 6 heteroatoms. The fraction of sp³-hybridized carbons (Fsp3) is 0.375. The lowest BCUT2D eigenvalue weighted by Gasteiger charge is -2.32. The van der Waals surface area contributed by atoms with Crippen molar-refractivity contribution in [1.29, 1.82) is 0 Å². The zero-order valence-corrected chi connectivity index (χ0v) is 14.0. The van der Waals surface area contributed by atoms with Crippen molar-refractivity contribution >= 4 is 38.5 Å². The van der Waals surface area contributed by atoms with Gasteiger partial charge in [-0.15, -0.1) is 0 Å². The van der Waals surface area contributed by atoms with E-state index in [1.54, 1.807) is 6.07 Å². The summed E-state index contributed by atoms with van der Waals surface area (Å²) in [6, 6.07) is 5.81. The van der Waals surface area contributed by atoms with Crippen LogP contribution < -0.4 is 10.6 Å². The highest BCUT2D eigenvalue weighted by atomic mass is 79.9. The van der Waals surface area contributed by atoms with Crippen LogP contribution in [-0.4, -0.2) is 37.2 Å². The number of anilines is 1. The second-order valence-corrected chi connectivity index (χ2v) is 6.36. The Kier molecular flexibility index (Phi) is 4.31. The first kappa shape index (κ1) is 15.2. The molecule has 3 rings (SSSR count). The number of nitrogens with zero attached hydrogens (tertiary/aromatic N) is 2. The molecule has 0 atom stereocenters. The molecule has 0 aliphatic carbocycles. The van der Waals surface area contributed by atoms with Gasteiger partial charge in [-0.3, -0.25) is 0 Å². The smallest absolute Gasteiger partial charge is 0.337 e. The summed E-state index contributed by atoms with van der Waals surface area (Å²) in [5, 5.41) is 1.99. The molecule has 0 amide bonds. The largest absolute Gasteiger partial charge is 0.465 e. The lowest BCUT2D eigenvalue weighted by atomic mass is 10.0. The lowest BCUT2D eigenvalue weighted by Crippen LogP contribution is -2.40. The van der Waals surface area contributed by atoms with Gasteiger partial charge in [0.05, 0.1) is 12.7 Å². The van der Waals surface area contributed by atoms with Crippen LogP contribution in [0.3, 0.4) is 0 Å². The van der Waals surface area contributed by atoms with Crippen LogP contribution in [0.1, 0.15) is 23.2 Å².